The van der Waals surface area contributed by atoms with Crippen LogP contribution < -0.4 is 11.1 Å². The highest BCUT2D eigenvalue weighted by molar-refractivity contribution is 7.80. The Hall–Kier alpha value is -0.890. The molecule has 1 unspecified atom stereocenters. The molecule has 0 saturated carbocycles. The van der Waals surface area contributed by atoms with E-state index >= 15 is 0 Å². The summed E-state index contributed by atoms with van der Waals surface area (Å²) in [4.78, 5) is 11.6. The molecule has 0 aliphatic heterocycles. The minimum absolute atomic E-state index is 0.134. The molecule has 0 aromatic carbocycles. The third-order valence-corrected chi connectivity index (χ3v) is 2.86. The van der Waals surface area contributed by atoms with Gasteiger partial charge in [0.25, 0.3) is 0 Å². The van der Waals surface area contributed by atoms with Crippen LogP contribution in [0.1, 0.15) is 26.7 Å². The molecule has 18 heavy (non-hydrogen) atoms. The number of nitrogens with two attached hydrogens (primary N) is 1. The fourth-order valence-electron chi connectivity index (χ4n) is 1.05. The van der Waals surface area contributed by atoms with Gasteiger partial charge in [0.2, 0.25) is 5.91 Å². The van der Waals surface area contributed by atoms with E-state index in [4.69, 9.17) is 18.0 Å². The summed E-state index contributed by atoms with van der Waals surface area (Å²) in [5, 5.41) is 2.57. The van der Waals surface area contributed by atoms with Crippen LogP contribution in [-0.4, -0.2) is 35.8 Å². The molecular formula is C10H17F3N2O2S. The molecule has 1 amide bonds. The van der Waals surface area contributed by atoms with Crippen molar-refractivity contribution in [3.05, 3.63) is 0 Å². The molecule has 3 N–H and O–H groups in total. The molecule has 4 nitrogen and oxygen atoms in total. The van der Waals surface area contributed by atoms with E-state index in [1.54, 1.807) is 13.8 Å². The summed E-state index contributed by atoms with van der Waals surface area (Å²) < 4.78 is 39.6. The molecule has 0 saturated heterocycles. The number of carbonyl (C=O) groups is 1. The molecule has 0 bridgehead atoms. The second-order valence-electron chi connectivity index (χ2n) is 4.02. The van der Waals surface area contributed by atoms with Crippen LogP contribution >= 0.6 is 12.2 Å². The van der Waals surface area contributed by atoms with E-state index < -0.39 is 24.2 Å². The van der Waals surface area contributed by atoms with Gasteiger partial charge in [0.15, 0.2) is 0 Å². The average molecular weight is 286 g/mol. The van der Waals surface area contributed by atoms with Gasteiger partial charge in [0, 0.05) is 6.42 Å². The van der Waals surface area contributed by atoms with Gasteiger partial charge in [0.05, 0.1) is 17.1 Å². The van der Waals surface area contributed by atoms with Crippen LogP contribution in [0.5, 0.6) is 0 Å². The maximum absolute atomic E-state index is 11.8. The Morgan fingerprint density at radius 2 is 2.00 bits per heavy atom. The van der Waals surface area contributed by atoms with Crippen LogP contribution in [0.4, 0.5) is 13.2 Å². The van der Waals surface area contributed by atoms with E-state index in [9.17, 15) is 18.0 Å². The van der Waals surface area contributed by atoms with Crippen LogP contribution in [-0.2, 0) is 9.53 Å². The molecular weight excluding hydrogens is 269 g/mol. The predicted octanol–water partition coefficient (Wildman–Crippen LogP) is 1.53. The quantitative estimate of drug-likeness (QED) is 0.550. The Labute approximate surface area is 109 Å². The fourth-order valence-corrected chi connectivity index (χ4v) is 1.24. The molecule has 0 aromatic heterocycles. The molecule has 0 rings (SSSR count). The number of amides is 1. The van der Waals surface area contributed by atoms with Gasteiger partial charge in [0.1, 0.15) is 6.61 Å². The summed E-state index contributed by atoms with van der Waals surface area (Å²) in [6, 6.07) is 0. The van der Waals surface area contributed by atoms with E-state index in [0.29, 0.717) is 6.42 Å². The first kappa shape index (κ1) is 17.1. The number of halogens is 3. The lowest BCUT2D eigenvalue weighted by Crippen LogP contribution is -2.54. The smallest absolute Gasteiger partial charge is 0.391 e. The Balaban J connectivity index is 4.02. The fraction of sp³-hybridized carbons (Fsp3) is 0.800. The Bertz CT molecular complexity index is 310. The first-order valence-corrected chi connectivity index (χ1v) is 5.77. The summed E-state index contributed by atoms with van der Waals surface area (Å²) >= 11 is 4.82. The van der Waals surface area contributed by atoms with Crippen molar-refractivity contribution in [1.29, 1.82) is 0 Å². The van der Waals surface area contributed by atoms with Gasteiger partial charge in [-0.2, -0.15) is 13.2 Å². The first-order valence-electron chi connectivity index (χ1n) is 5.36. The normalized spacial score (nSPS) is 14.9. The molecule has 0 heterocycles. The Morgan fingerprint density at radius 3 is 2.39 bits per heavy atom. The number of alkyl halides is 3. The van der Waals surface area contributed by atoms with Crippen molar-refractivity contribution in [1.82, 2.24) is 5.32 Å². The van der Waals surface area contributed by atoms with Crippen LogP contribution in [0, 0.1) is 0 Å². The minimum Gasteiger partial charge on any atom is -0.391 e. The van der Waals surface area contributed by atoms with Crippen molar-refractivity contribution in [3.63, 3.8) is 0 Å². The van der Waals surface area contributed by atoms with Crippen LogP contribution in [0.2, 0.25) is 0 Å². The van der Waals surface area contributed by atoms with Crippen molar-refractivity contribution in [3.8, 4) is 0 Å². The van der Waals surface area contributed by atoms with Gasteiger partial charge in [-0.25, -0.2) is 0 Å². The lowest BCUT2D eigenvalue weighted by molar-refractivity contribution is -0.174. The molecule has 106 valence electrons. The molecule has 0 aliphatic carbocycles. The van der Waals surface area contributed by atoms with Gasteiger partial charge in [-0.3, -0.25) is 4.79 Å². The topological polar surface area (TPSA) is 64.3 Å². The molecule has 0 aromatic rings. The largest absolute Gasteiger partial charge is 0.411 e. The number of hydrogen-bond acceptors (Lipinski definition) is 3. The predicted molar refractivity (Wildman–Crippen MR) is 65.1 cm³/mol. The van der Waals surface area contributed by atoms with Gasteiger partial charge in [-0.05, 0) is 13.3 Å². The zero-order valence-electron chi connectivity index (χ0n) is 10.3. The van der Waals surface area contributed by atoms with Gasteiger partial charge in [-0.15, -0.1) is 0 Å². The highest BCUT2D eigenvalue weighted by Gasteiger charge is 2.29. The molecule has 0 aliphatic rings. The van der Waals surface area contributed by atoms with E-state index in [1.807, 2.05) is 0 Å². The summed E-state index contributed by atoms with van der Waals surface area (Å²) in [7, 11) is 0. The van der Waals surface area contributed by atoms with E-state index in [2.05, 4.69) is 10.1 Å². The number of thiocarbonyl (C=S) groups is 1. The highest BCUT2D eigenvalue weighted by atomic mass is 32.1. The zero-order valence-corrected chi connectivity index (χ0v) is 11.1. The van der Waals surface area contributed by atoms with Crippen molar-refractivity contribution in [2.45, 2.75) is 38.4 Å². The summed E-state index contributed by atoms with van der Waals surface area (Å²) in [5.41, 5.74) is 4.66. The molecule has 0 fully saturated rings. The number of hydrogen-bond donors (Lipinski definition) is 2. The standard InChI is InChI=1S/C10H17F3N2O2S/c1-3-9(2,8(14)18)15-7(16)4-5-17-6-10(11,12)13/h3-6H2,1-2H3,(H2,14,18)(H,15,16). The summed E-state index contributed by atoms with van der Waals surface area (Å²) in [5.74, 6) is -0.450. The van der Waals surface area contributed by atoms with Crippen LogP contribution in [0.25, 0.3) is 0 Å². The molecule has 8 heteroatoms. The van der Waals surface area contributed by atoms with Crippen molar-refractivity contribution in [2.24, 2.45) is 5.73 Å². The first-order chi connectivity index (χ1) is 8.10. The highest BCUT2D eigenvalue weighted by Crippen LogP contribution is 2.14. The van der Waals surface area contributed by atoms with Crippen molar-refractivity contribution in [2.75, 3.05) is 13.2 Å². The van der Waals surface area contributed by atoms with Crippen molar-refractivity contribution >= 4 is 23.1 Å². The number of rotatable bonds is 7. The van der Waals surface area contributed by atoms with E-state index in [1.165, 1.54) is 0 Å². The maximum atomic E-state index is 11.8. The Morgan fingerprint density at radius 1 is 1.44 bits per heavy atom. The lowest BCUT2D eigenvalue weighted by atomic mass is 9.99. The van der Waals surface area contributed by atoms with E-state index in [0.717, 1.165) is 0 Å². The summed E-state index contributed by atoms with van der Waals surface area (Å²) in [6.07, 6.45) is -4.06. The van der Waals surface area contributed by atoms with Crippen LogP contribution in [0.3, 0.4) is 0 Å². The van der Waals surface area contributed by atoms with Gasteiger partial charge < -0.3 is 15.8 Å². The lowest BCUT2D eigenvalue weighted by Gasteiger charge is -2.28. The second-order valence-corrected chi connectivity index (χ2v) is 4.46. The van der Waals surface area contributed by atoms with E-state index in [-0.39, 0.29) is 18.0 Å². The van der Waals surface area contributed by atoms with Gasteiger partial charge >= 0.3 is 6.18 Å². The second kappa shape index (κ2) is 6.89. The minimum atomic E-state index is -4.38. The molecule has 0 spiro atoms. The number of carbonyl (C=O) groups excluding carboxylic acids is 1. The number of nitrogens with one attached hydrogen (secondary N) is 1. The maximum Gasteiger partial charge on any atom is 0.411 e. The molecule has 0 radical (unpaired) electrons. The third kappa shape index (κ3) is 6.75. The average Bonchev–Trinajstić information content (AvgIpc) is 2.22. The Kier molecular flexibility index (Phi) is 6.55. The monoisotopic (exact) mass is 286 g/mol. The number of ether oxygens (including phenoxy) is 1. The van der Waals surface area contributed by atoms with Crippen LogP contribution in [0.15, 0.2) is 0 Å². The van der Waals surface area contributed by atoms with Gasteiger partial charge in [-0.1, -0.05) is 19.1 Å². The third-order valence-electron chi connectivity index (χ3n) is 2.41. The summed E-state index contributed by atoms with van der Waals surface area (Å²) in [6.45, 7) is 1.78. The van der Waals surface area contributed by atoms with Crippen molar-refractivity contribution < 1.29 is 22.7 Å². The molecule has 1 atom stereocenters. The SMILES string of the molecule is CCC(C)(NC(=O)CCOCC(F)(F)F)C(N)=S. The zero-order chi connectivity index (χ0) is 14.4.